The minimum atomic E-state index is -4.38. The molecule has 0 saturated heterocycles. The lowest BCUT2D eigenvalue weighted by atomic mass is 9.82. The molecular weight excluding hydrogens is 357 g/mol. The Kier molecular flexibility index (Phi) is 6.54. The number of carbonyl (C=O) groups excluding carboxylic acids is 1. The molecule has 0 bridgehead atoms. The maximum atomic E-state index is 13.1. The van der Waals surface area contributed by atoms with Gasteiger partial charge in [-0.3, -0.25) is 15.2 Å². The van der Waals surface area contributed by atoms with Gasteiger partial charge in [-0.2, -0.15) is 13.2 Å². The van der Waals surface area contributed by atoms with E-state index >= 15 is 0 Å². The summed E-state index contributed by atoms with van der Waals surface area (Å²) in [5, 5.41) is 7.68. The van der Waals surface area contributed by atoms with Gasteiger partial charge in [-0.25, -0.2) is 0 Å². The van der Waals surface area contributed by atoms with Gasteiger partial charge in [-0.05, 0) is 43.8 Å². The Balaban J connectivity index is 2.47. The quantitative estimate of drug-likeness (QED) is 0.676. The van der Waals surface area contributed by atoms with Crippen molar-refractivity contribution in [2.24, 2.45) is 11.3 Å². The summed E-state index contributed by atoms with van der Waals surface area (Å²) in [6.07, 6.45) is -2.57. The summed E-state index contributed by atoms with van der Waals surface area (Å²) in [6.45, 7) is 5.32. The van der Waals surface area contributed by atoms with Gasteiger partial charge in [0.1, 0.15) is 0 Å². The van der Waals surface area contributed by atoms with E-state index < -0.39 is 17.2 Å². The third-order valence-electron chi connectivity index (χ3n) is 4.40. The van der Waals surface area contributed by atoms with E-state index in [1.54, 1.807) is 19.1 Å². The van der Waals surface area contributed by atoms with Gasteiger partial charge >= 0.3 is 6.18 Å². The van der Waals surface area contributed by atoms with E-state index in [1.807, 2.05) is 19.9 Å². The molecule has 1 aromatic carbocycles. The van der Waals surface area contributed by atoms with Crippen LogP contribution in [-0.2, 0) is 11.0 Å². The molecule has 150 valence electrons. The lowest BCUT2D eigenvalue weighted by Crippen LogP contribution is -2.59. The first-order valence-electron chi connectivity index (χ1n) is 8.91. The SMILES string of the molecule is CNCC1(CNC)C=C(c2ccc(C(F)(F)F)cc2)NN(CC(C)C)C1=O. The minimum absolute atomic E-state index is 0.0736. The number of benzene rings is 1. The third-order valence-corrected chi connectivity index (χ3v) is 4.40. The average molecular weight is 384 g/mol. The summed E-state index contributed by atoms with van der Waals surface area (Å²) in [7, 11) is 3.54. The Morgan fingerprint density at radius 3 is 2.11 bits per heavy atom. The van der Waals surface area contributed by atoms with Crippen LogP contribution in [0.25, 0.3) is 5.70 Å². The molecule has 8 heteroatoms. The van der Waals surface area contributed by atoms with Crippen molar-refractivity contribution in [2.45, 2.75) is 20.0 Å². The molecule has 0 aromatic heterocycles. The number of hydrazine groups is 1. The molecule has 1 aliphatic heterocycles. The van der Waals surface area contributed by atoms with Crippen molar-refractivity contribution in [3.63, 3.8) is 0 Å². The second-order valence-electron chi connectivity index (χ2n) is 7.27. The van der Waals surface area contributed by atoms with Gasteiger partial charge in [0.05, 0.1) is 16.7 Å². The number of halogens is 3. The number of hydrogen-bond donors (Lipinski definition) is 3. The predicted octanol–water partition coefficient (Wildman–Crippen LogP) is 2.47. The summed E-state index contributed by atoms with van der Waals surface area (Å²) in [4.78, 5) is 13.1. The van der Waals surface area contributed by atoms with Crippen LogP contribution in [-0.4, -0.2) is 44.6 Å². The van der Waals surface area contributed by atoms with Crippen LogP contribution in [0.5, 0.6) is 0 Å². The molecule has 0 fully saturated rings. The Morgan fingerprint density at radius 2 is 1.67 bits per heavy atom. The number of nitrogens with one attached hydrogen (secondary N) is 3. The van der Waals surface area contributed by atoms with E-state index in [0.717, 1.165) is 12.1 Å². The van der Waals surface area contributed by atoms with Crippen molar-refractivity contribution in [1.82, 2.24) is 21.1 Å². The molecule has 3 N–H and O–H groups in total. The lowest BCUT2D eigenvalue weighted by Gasteiger charge is -2.41. The van der Waals surface area contributed by atoms with E-state index in [9.17, 15) is 18.0 Å². The Bertz CT molecular complexity index is 677. The minimum Gasteiger partial charge on any atom is -0.318 e. The van der Waals surface area contributed by atoms with Crippen molar-refractivity contribution in [2.75, 3.05) is 33.7 Å². The van der Waals surface area contributed by atoms with Crippen LogP contribution in [0.15, 0.2) is 30.3 Å². The van der Waals surface area contributed by atoms with Gasteiger partial charge in [0, 0.05) is 19.6 Å². The third kappa shape index (κ3) is 4.81. The number of carbonyl (C=O) groups is 1. The molecule has 0 unspecified atom stereocenters. The maximum absolute atomic E-state index is 13.1. The largest absolute Gasteiger partial charge is 0.416 e. The highest BCUT2D eigenvalue weighted by Crippen LogP contribution is 2.33. The molecule has 1 aromatic rings. The molecule has 0 saturated carbocycles. The standard InChI is InChI=1S/C19H27F3N4O/c1-13(2)10-26-17(27)18(11-23-3,12-24-4)9-16(25-26)14-5-7-15(8-6-14)19(20,21)22/h5-9,13,23-25H,10-12H2,1-4H3. The van der Waals surface area contributed by atoms with E-state index in [4.69, 9.17) is 0 Å². The van der Waals surface area contributed by atoms with Crippen LogP contribution in [0.4, 0.5) is 13.2 Å². The van der Waals surface area contributed by atoms with Gasteiger partial charge in [0.25, 0.3) is 5.91 Å². The van der Waals surface area contributed by atoms with Gasteiger partial charge in [0.2, 0.25) is 0 Å². The van der Waals surface area contributed by atoms with E-state index in [2.05, 4.69) is 16.1 Å². The van der Waals surface area contributed by atoms with E-state index in [1.165, 1.54) is 12.1 Å². The number of amides is 1. The van der Waals surface area contributed by atoms with Gasteiger partial charge in [0.15, 0.2) is 0 Å². The molecule has 1 amide bonds. The molecule has 27 heavy (non-hydrogen) atoms. The summed E-state index contributed by atoms with van der Waals surface area (Å²) in [5.74, 6) is 0.158. The average Bonchev–Trinajstić information content (AvgIpc) is 2.58. The topological polar surface area (TPSA) is 56.4 Å². The van der Waals surface area contributed by atoms with Gasteiger partial charge < -0.3 is 10.6 Å². The monoisotopic (exact) mass is 384 g/mol. The zero-order valence-corrected chi connectivity index (χ0v) is 16.1. The van der Waals surface area contributed by atoms with Crippen LogP contribution in [0.3, 0.4) is 0 Å². The van der Waals surface area contributed by atoms with Crippen LogP contribution in [0.1, 0.15) is 25.0 Å². The van der Waals surface area contributed by atoms with Crippen molar-refractivity contribution < 1.29 is 18.0 Å². The lowest BCUT2D eigenvalue weighted by molar-refractivity contribution is -0.143. The fourth-order valence-corrected chi connectivity index (χ4v) is 3.26. The number of rotatable bonds is 7. The van der Waals surface area contributed by atoms with E-state index in [0.29, 0.717) is 30.9 Å². The number of hydrogen-bond acceptors (Lipinski definition) is 4. The van der Waals surface area contributed by atoms with Crippen molar-refractivity contribution in [3.05, 3.63) is 41.5 Å². The normalized spacial score (nSPS) is 17.1. The van der Waals surface area contributed by atoms with Crippen LogP contribution in [0, 0.1) is 11.3 Å². The molecule has 0 radical (unpaired) electrons. The maximum Gasteiger partial charge on any atom is 0.416 e. The summed E-state index contributed by atoms with van der Waals surface area (Å²) >= 11 is 0. The van der Waals surface area contributed by atoms with Gasteiger partial charge in [-0.1, -0.05) is 26.0 Å². The molecular formula is C19H27F3N4O. The zero-order valence-electron chi connectivity index (χ0n) is 16.1. The fourth-order valence-electron chi connectivity index (χ4n) is 3.26. The Labute approximate surface area is 158 Å². The zero-order chi connectivity index (χ0) is 20.2. The summed E-state index contributed by atoms with van der Waals surface area (Å²) in [5.41, 5.74) is 2.78. The highest BCUT2D eigenvalue weighted by atomic mass is 19.4. The highest BCUT2D eigenvalue weighted by molar-refractivity contribution is 5.90. The molecule has 1 heterocycles. The first-order valence-corrected chi connectivity index (χ1v) is 8.91. The Morgan fingerprint density at radius 1 is 1.11 bits per heavy atom. The van der Waals surface area contributed by atoms with Crippen LogP contribution in [0.2, 0.25) is 0 Å². The van der Waals surface area contributed by atoms with Crippen molar-refractivity contribution in [3.8, 4) is 0 Å². The fraction of sp³-hybridized carbons (Fsp3) is 0.526. The highest BCUT2D eigenvalue weighted by Gasteiger charge is 2.42. The summed E-state index contributed by atoms with van der Waals surface area (Å²) in [6, 6.07) is 4.96. The molecule has 0 aliphatic carbocycles. The molecule has 5 nitrogen and oxygen atoms in total. The number of nitrogens with zero attached hydrogens (tertiary/aromatic N) is 1. The molecule has 1 aliphatic rings. The molecule has 2 rings (SSSR count). The first kappa shape index (κ1) is 21.2. The summed E-state index contributed by atoms with van der Waals surface area (Å²) < 4.78 is 38.5. The van der Waals surface area contributed by atoms with Gasteiger partial charge in [-0.15, -0.1) is 0 Å². The smallest absolute Gasteiger partial charge is 0.318 e. The first-order chi connectivity index (χ1) is 12.6. The number of alkyl halides is 3. The van der Waals surface area contributed by atoms with Crippen LogP contribution < -0.4 is 16.1 Å². The Hall–Kier alpha value is -2.06. The second kappa shape index (κ2) is 8.31. The van der Waals surface area contributed by atoms with E-state index in [-0.39, 0.29) is 11.8 Å². The second-order valence-corrected chi connectivity index (χ2v) is 7.27. The van der Waals surface area contributed by atoms with Crippen molar-refractivity contribution >= 4 is 11.6 Å². The van der Waals surface area contributed by atoms with Crippen molar-refractivity contribution in [1.29, 1.82) is 0 Å². The molecule has 0 atom stereocenters. The predicted molar refractivity (Wildman–Crippen MR) is 99.4 cm³/mol. The molecule has 0 spiro atoms. The van der Waals surface area contributed by atoms with Crippen LogP contribution >= 0.6 is 0 Å².